The van der Waals surface area contributed by atoms with Crippen LogP contribution in [0.3, 0.4) is 0 Å². The maximum absolute atomic E-state index is 14.6. The Balaban J connectivity index is 1.99. The summed E-state index contributed by atoms with van der Waals surface area (Å²) in [7, 11) is 1.44. The summed E-state index contributed by atoms with van der Waals surface area (Å²) < 4.78 is 48.4. The summed E-state index contributed by atoms with van der Waals surface area (Å²) in [5, 5.41) is 12.0. The molecule has 0 aliphatic heterocycles. The molecular formula is C22H25F3N2O2. The van der Waals surface area contributed by atoms with Gasteiger partial charge in [-0.05, 0) is 42.2 Å². The van der Waals surface area contributed by atoms with Crippen molar-refractivity contribution in [2.75, 3.05) is 7.11 Å². The zero-order valence-corrected chi connectivity index (χ0v) is 16.9. The van der Waals surface area contributed by atoms with Crippen LogP contribution in [0.25, 0.3) is 10.9 Å². The van der Waals surface area contributed by atoms with E-state index < -0.39 is 22.8 Å². The Morgan fingerprint density at radius 2 is 1.86 bits per heavy atom. The number of nitrogens with zero attached hydrogens (tertiary/aromatic N) is 1. The molecule has 2 N–H and O–H groups in total. The molecule has 0 saturated carbocycles. The number of benzene rings is 1. The van der Waals surface area contributed by atoms with Gasteiger partial charge in [0.2, 0.25) is 0 Å². The van der Waals surface area contributed by atoms with Crippen LogP contribution in [-0.4, -0.2) is 33.7 Å². The van der Waals surface area contributed by atoms with E-state index in [1.165, 1.54) is 25.3 Å². The van der Waals surface area contributed by atoms with E-state index in [1.807, 2.05) is 0 Å². The topological polar surface area (TPSA) is 58.1 Å². The lowest BCUT2D eigenvalue weighted by Gasteiger charge is -2.40. The largest absolute Gasteiger partial charge is 0.496 e. The average Bonchev–Trinajstić information content (AvgIpc) is 3.02. The smallest absolute Gasteiger partial charge is 0.273 e. The van der Waals surface area contributed by atoms with Crippen molar-refractivity contribution in [1.29, 1.82) is 0 Å². The number of H-pyrrole nitrogens is 1. The fourth-order valence-electron chi connectivity index (χ4n) is 3.85. The fourth-order valence-corrected chi connectivity index (χ4v) is 3.85. The Kier molecular flexibility index (Phi) is 5.38. The van der Waals surface area contributed by atoms with Gasteiger partial charge in [0.05, 0.1) is 18.8 Å². The molecule has 0 aliphatic rings. The zero-order valence-electron chi connectivity index (χ0n) is 16.9. The second kappa shape index (κ2) is 7.37. The molecular weight excluding hydrogens is 381 g/mol. The highest BCUT2D eigenvalue weighted by atomic mass is 19.3. The average molecular weight is 406 g/mol. The first-order chi connectivity index (χ1) is 13.4. The third-order valence-corrected chi connectivity index (χ3v) is 5.40. The summed E-state index contributed by atoms with van der Waals surface area (Å²) in [5.74, 6) is -3.51. The Labute approximate surface area is 167 Å². The number of aromatic amines is 1. The van der Waals surface area contributed by atoms with Crippen LogP contribution in [0.5, 0.6) is 5.75 Å². The standard InChI is InChI=1S/C22H25F3N2O2/c1-20(2,17-10-15(23)5-6-19(17)29-4)13-22(28,21(3,24)25)11-16-9-14-7-8-26-12-18(14)27-16/h5-10,12,27-28H,11,13H2,1-4H3. The van der Waals surface area contributed by atoms with Crippen molar-refractivity contribution in [3.05, 3.63) is 59.8 Å². The molecule has 1 unspecified atom stereocenters. The Morgan fingerprint density at radius 3 is 2.48 bits per heavy atom. The highest BCUT2D eigenvalue weighted by Gasteiger charge is 2.52. The van der Waals surface area contributed by atoms with E-state index in [0.29, 0.717) is 29.4 Å². The van der Waals surface area contributed by atoms with E-state index in [-0.39, 0.29) is 12.8 Å². The minimum absolute atomic E-state index is 0.299. The second-order valence-electron chi connectivity index (χ2n) is 8.26. The van der Waals surface area contributed by atoms with Crippen LogP contribution in [0.15, 0.2) is 42.7 Å². The van der Waals surface area contributed by atoms with Gasteiger partial charge in [-0.2, -0.15) is 0 Å². The van der Waals surface area contributed by atoms with E-state index in [9.17, 15) is 18.3 Å². The predicted molar refractivity (Wildman–Crippen MR) is 106 cm³/mol. The first-order valence-corrected chi connectivity index (χ1v) is 9.31. The van der Waals surface area contributed by atoms with Gasteiger partial charge in [0.25, 0.3) is 5.92 Å². The molecule has 156 valence electrons. The second-order valence-corrected chi connectivity index (χ2v) is 8.26. The number of hydrogen-bond acceptors (Lipinski definition) is 3. The van der Waals surface area contributed by atoms with Gasteiger partial charge in [0.1, 0.15) is 17.2 Å². The number of aromatic nitrogens is 2. The number of hydrogen-bond donors (Lipinski definition) is 2. The highest BCUT2D eigenvalue weighted by molar-refractivity contribution is 5.79. The van der Waals surface area contributed by atoms with E-state index in [2.05, 4.69) is 9.97 Å². The van der Waals surface area contributed by atoms with E-state index in [1.54, 1.807) is 38.4 Å². The number of rotatable bonds is 7. The zero-order chi connectivity index (χ0) is 21.4. The lowest BCUT2D eigenvalue weighted by molar-refractivity contribution is -0.179. The number of methoxy groups -OCH3 is 1. The summed E-state index contributed by atoms with van der Waals surface area (Å²) >= 11 is 0. The Bertz CT molecular complexity index is 978. The monoisotopic (exact) mass is 406 g/mol. The number of fused-ring (bicyclic) bond motifs is 1. The lowest BCUT2D eigenvalue weighted by atomic mass is 9.71. The van der Waals surface area contributed by atoms with Crippen LogP contribution >= 0.6 is 0 Å². The van der Waals surface area contributed by atoms with Crippen molar-refractivity contribution in [3.8, 4) is 5.75 Å². The van der Waals surface area contributed by atoms with Crippen LogP contribution in [0.4, 0.5) is 13.2 Å². The maximum atomic E-state index is 14.6. The number of alkyl halides is 2. The normalized spacial score (nSPS) is 14.8. The molecule has 0 radical (unpaired) electrons. The van der Waals surface area contributed by atoms with Gasteiger partial charge >= 0.3 is 0 Å². The molecule has 0 fully saturated rings. The predicted octanol–water partition coefficient (Wildman–Crippen LogP) is 5.01. The molecule has 0 amide bonds. The van der Waals surface area contributed by atoms with E-state index >= 15 is 0 Å². The van der Waals surface area contributed by atoms with Gasteiger partial charge in [0.15, 0.2) is 0 Å². The molecule has 1 atom stereocenters. The number of ether oxygens (including phenoxy) is 1. The van der Waals surface area contributed by atoms with Crippen LogP contribution in [0.1, 0.15) is 38.4 Å². The lowest BCUT2D eigenvalue weighted by Crippen LogP contribution is -2.51. The van der Waals surface area contributed by atoms with E-state index in [4.69, 9.17) is 4.74 Å². The van der Waals surface area contributed by atoms with Crippen molar-refractivity contribution in [3.63, 3.8) is 0 Å². The SMILES string of the molecule is COc1ccc(F)cc1C(C)(C)CC(O)(Cc1cc2ccncc2[nH]1)C(C)(F)F. The molecule has 3 rings (SSSR count). The third kappa shape index (κ3) is 4.24. The van der Waals surface area contributed by atoms with Crippen LogP contribution in [0.2, 0.25) is 0 Å². The van der Waals surface area contributed by atoms with Crippen molar-refractivity contribution in [1.82, 2.24) is 9.97 Å². The van der Waals surface area contributed by atoms with Gasteiger partial charge in [-0.15, -0.1) is 0 Å². The molecule has 7 heteroatoms. The minimum atomic E-state index is -3.40. The molecule has 2 aromatic heterocycles. The Hall–Kier alpha value is -2.54. The first kappa shape index (κ1) is 21.2. The quantitative estimate of drug-likeness (QED) is 0.580. The van der Waals surface area contributed by atoms with Crippen molar-refractivity contribution in [2.45, 2.75) is 50.6 Å². The molecule has 29 heavy (non-hydrogen) atoms. The van der Waals surface area contributed by atoms with Crippen molar-refractivity contribution >= 4 is 10.9 Å². The number of pyridine rings is 1. The molecule has 1 aromatic carbocycles. The molecule has 2 heterocycles. The molecule has 3 aromatic rings. The summed E-state index contributed by atoms with van der Waals surface area (Å²) in [5.41, 5.74) is -1.77. The molecule has 0 saturated heterocycles. The van der Waals surface area contributed by atoms with Gasteiger partial charge in [0, 0.05) is 36.2 Å². The van der Waals surface area contributed by atoms with Crippen LogP contribution in [0, 0.1) is 5.82 Å². The molecule has 4 nitrogen and oxygen atoms in total. The number of nitrogens with one attached hydrogen (secondary N) is 1. The maximum Gasteiger partial charge on any atom is 0.273 e. The summed E-state index contributed by atoms with van der Waals surface area (Å²) in [6.07, 6.45) is 2.60. The third-order valence-electron chi connectivity index (χ3n) is 5.40. The van der Waals surface area contributed by atoms with Gasteiger partial charge in [-0.25, -0.2) is 13.2 Å². The first-order valence-electron chi connectivity index (χ1n) is 9.31. The molecule has 0 spiro atoms. The Morgan fingerprint density at radius 1 is 1.14 bits per heavy atom. The highest BCUT2D eigenvalue weighted by Crippen LogP contribution is 2.44. The number of halogens is 3. The summed E-state index contributed by atoms with van der Waals surface area (Å²) in [4.78, 5) is 7.05. The number of aliphatic hydroxyl groups is 1. The fraction of sp³-hybridized carbons (Fsp3) is 0.409. The van der Waals surface area contributed by atoms with Gasteiger partial charge < -0.3 is 14.8 Å². The van der Waals surface area contributed by atoms with Gasteiger partial charge in [-0.3, -0.25) is 4.98 Å². The van der Waals surface area contributed by atoms with Crippen LogP contribution < -0.4 is 4.74 Å². The minimum Gasteiger partial charge on any atom is -0.496 e. The van der Waals surface area contributed by atoms with Crippen LogP contribution in [-0.2, 0) is 11.8 Å². The summed E-state index contributed by atoms with van der Waals surface area (Å²) in [6, 6.07) is 7.46. The van der Waals surface area contributed by atoms with E-state index in [0.717, 1.165) is 5.39 Å². The molecule has 0 aliphatic carbocycles. The van der Waals surface area contributed by atoms with Crippen molar-refractivity contribution in [2.24, 2.45) is 0 Å². The van der Waals surface area contributed by atoms with Gasteiger partial charge in [-0.1, -0.05) is 13.8 Å². The van der Waals surface area contributed by atoms with Crippen molar-refractivity contribution < 1.29 is 23.0 Å². The summed E-state index contributed by atoms with van der Waals surface area (Å²) in [6.45, 7) is 4.09. The molecule has 0 bridgehead atoms.